The molecule has 1 aliphatic heterocycles. The van der Waals surface area contributed by atoms with Gasteiger partial charge >= 0.3 is 0 Å². The number of nitro benzene ring substituents is 1. The number of nitro groups is 1. The van der Waals surface area contributed by atoms with Crippen LogP contribution in [0.2, 0.25) is 0 Å². The topological polar surface area (TPSA) is 68.5 Å². The smallest absolute Gasteiger partial charge is 0.270 e. The number of pyridine rings is 1. The Morgan fingerprint density at radius 2 is 2.26 bits per heavy atom. The van der Waals surface area contributed by atoms with E-state index in [-0.39, 0.29) is 10.6 Å². The van der Waals surface area contributed by atoms with Gasteiger partial charge in [-0.1, -0.05) is 0 Å². The predicted octanol–water partition coefficient (Wildman–Crippen LogP) is 3.31. The van der Waals surface area contributed by atoms with Crippen LogP contribution >= 0.6 is 0 Å². The van der Waals surface area contributed by atoms with Crippen LogP contribution in [-0.2, 0) is 4.74 Å². The monoisotopic (exact) mass is 315 g/mol. The maximum atomic E-state index is 11.1. The van der Waals surface area contributed by atoms with Gasteiger partial charge in [0.25, 0.3) is 5.69 Å². The number of non-ortho nitro benzene ring substituents is 1. The molecule has 1 unspecified atom stereocenters. The molecule has 0 aliphatic carbocycles. The highest BCUT2D eigenvalue weighted by atomic mass is 16.6. The van der Waals surface area contributed by atoms with Crippen LogP contribution in [0.3, 0.4) is 0 Å². The number of nitrogens with zero attached hydrogens (tertiary/aromatic N) is 3. The lowest BCUT2D eigenvalue weighted by Crippen LogP contribution is -2.21. The van der Waals surface area contributed by atoms with Crippen LogP contribution < -0.4 is 4.90 Å². The Kier molecular flexibility index (Phi) is 4.43. The van der Waals surface area contributed by atoms with E-state index < -0.39 is 0 Å². The van der Waals surface area contributed by atoms with E-state index in [4.69, 9.17) is 4.74 Å². The first-order chi connectivity index (χ1) is 11.1. The van der Waals surface area contributed by atoms with Gasteiger partial charge in [-0.2, -0.15) is 0 Å². The second-order valence-electron chi connectivity index (χ2n) is 6.00. The van der Waals surface area contributed by atoms with Crippen molar-refractivity contribution < 1.29 is 9.66 Å². The van der Waals surface area contributed by atoms with Crippen LogP contribution in [0.4, 0.5) is 11.4 Å². The summed E-state index contributed by atoms with van der Waals surface area (Å²) in [4.78, 5) is 17.5. The molecule has 122 valence electrons. The summed E-state index contributed by atoms with van der Waals surface area (Å²) in [6.45, 7) is 7.33. The molecule has 0 bridgehead atoms. The maximum absolute atomic E-state index is 11.1. The third-order valence-corrected chi connectivity index (χ3v) is 4.29. The Morgan fingerprint density at radius 3 is 3.00 bits per heavy atom. The summed E-state index contributed by atoms with van der Waals surface area (Å²) in [6.07, 6.45) is 1.08. The van der Waals surface area contributed by atoms with Crippen molar-refractivity contribution >= 4 is 22.3 Å². The molecule has 1 fully saturated rings. The van der Waals surface area contributed by atoms with Crippen molar-refractivity contribution in [3.8, 4) is 0 Å². The van der Waals surface area contributed by atoms with Crippen molar-refractivity contribution in [2.45, 2.75) is 20.3 Å². The first-order valence-electron chi connectivity index (χ1n) is 7.97. The molecular weight excluding hydrogens is 294 g/mol. The number of aryl methyl sites for hydroxylation is 1. The molecule has 6 heteroatoms. The third kappa shape index (κ3) is 3.27. The second kappa shape index (κ2) is 6.50. The highest BCUT2D eigenvalue weighted by Gasteiger charge is 2.25. The van der Waals surface area contributed by atoms with E-state index in [1.807, 2.05) is 19.9 Å². The third-order valence-electron chi connectivity index (χ3n) is 4.29. The van der Waals surface area contributed by atoms with Crippen LogP contribution in [0.25, 0.3) is 10.9 Å². The fraction of sp³-hybridized carbons (Fsp3) is 0.471. The van der Waals surface area contributed by atoms with Crippen LogP contribution in [-0.4, -0.2) is 36.2 Å². The summed E-state index contributed by atoms with van der Waals surface area (Å²) in [6, 6.07) is 6.90. The molecule has 0 spiro atoms. The number of rotatable bonds is 5. The van der Waals surface area contributed by atoms with E-state index >= 15 is 0 Å². The van der Waals surface area contributed by atoms with E-state index in [1.165, 1.54) is 6.07 Å². The van der Waals surface area contributed by atoms with Crippen molar-refractivity contribution in [1.29, 1.82) is 0 Å². The first kappa shape index (κ1) is 15.7. The molecule has 0 N–H and O–H groups in total. The molecule has 23 heavy (non-hydrogen) atoms. The van der Waals surface area contributed by atoms with E-state index in [1.54, 1.807) is 12.1 Å². The van der Waals surface area contributed by atoms with Gasteiger partial charge in [0.05, 0.1) is 17.0 Å². The average Bonchev–Trinajstić information content (AvgIpc) is 3.00. The fourth-order valence-corrected chi connectivity index (χ4v) is 3.17. The molecule has 1 aromatic carbocycles. The lowest BCUT2D eigenvalue weighted by molar-refractivity contribution is -0.384. The number of benzene rings is 1. The summed E-state index contributed by atoms with van der Waals surface area (Å²) in [5.74, 6) is 0.511. The molecule has 6 nitrogen and oxygen atoms in total. The number of aromatic nitrogens is 1. The van der Waals surface area contributed by atoms with Gasteiger partial charge in [-0.3, -0.25) is 15.1 Å². The van der Waals surface area contributed by atoms with Gasteiger partial charge in [0.2, 0.25) is 0 Å². The van der Waals surface area contributed by atoms with Crippen LogP contribution in [0.1, 0.15) is 19.0 Å². The first-order valence-corrected chi connectivity index (χ1v) is 7.97. The highest BCUT2D eigenvalue weighted by molar-refractivity contribution is 5.93. The van der Waals surface area contributed by atoms with Crippen LogP contribution in [0, 0.1) is 23.0 Å². The Bertz CT molecular complexity index is 732. The summed E-state index contributed by atoms with van der Waals surface area (Å²) in [5, 5.41) is 11.9. The van der Waals surface area contributed by atoms with Crippen molar-refractivity contribution in [1.82, 2.24) is 4.98 Å². The Balaban J connectivity index is 1.96. The normalized spacial score (nSPS) is 17.8. The van der Waals surface area contributed by atoms with E-state index in [0.29, 0.717) is 5.92 Å². The molecule has 0 saturated carbocycles. The largest absolute Gasteiger partial charge is 0.381 e. The Labute approximate surface area is 135 Å². The SMILES string of the molecule is CCOCC1CCN(c2cc(C)nc3ccc([N+](=O)[O-])cc23)C1. The zero-order valence-electron chi connectivity index (χ0n) is 13.5. The quantitative estimate of drug-likeness (QED) is 0.625. The molecular formula is C17H21N3O3. The fourth-order valence-electron chi connectivity index (χ4n) is 3.17. The van der Waals surface area contributed by atoms with Gasteiger partial charge in [-0.15, -0.1) is 0 Å². The molecule has 0 amide bonds. The van der Waals surface area contributed by atoms with Crippen molar-refractivity contribution in [2.24, 2.45) is 5.92 Å². The van der Waals surface area contributed by atoms with Crippen LogP contribution in [0.5, 0.6) is 0 Å². The summed E-state index contributed by atoms with van der Waals surface area (Å²) in [7, 11) is 0. The van der Waals surface area contributed by atoms with Gasteiger partial charge in [0, 0.05) is 54.5 Å². The van der Waals surface area contributed by atoms with Crippen molar-refractivity contribution in [3.05, 3.63) is 40.1 Å². The predicted molar refractivity (Wildman–Crippen MR) is 89.9 cm³/mol. The minimum absolute atomic E-state index is 0.106. The number of anilines is 1. The Morgan fingerprint density at radius 1 is 1.43 bits per heavy atom. The minimum Gasteiger partial charge on any atom is -0.381 e. The van der Waals surface area contributed by atoms with Crippen molar-refractivity contribution in [2.75, 3.05) is 31.2 Å². The minimum atomic E-state index is -0.356. The van der Waals surface area contributed by atoms with Gasteiger partial charge in [0.1, 0.15) is 0 Å². The maximum Gasteiger partial charge on any atom is 0.270 e. The second-order valence-corrected chi connectivity index (χ2v) is 6.00. The molecule has 2 aromatic rings. The zero-order chi connectivity index (χ0) is 16.4. The Hall–Kier alpha value is -2.21. The van der Waals surface area contributed by atoms with Crippen molar-refractivity contribution in [3.63, 3.8) is 0 Å². The van der Waals surface area contributed by atoms with E-state index in [2.05, 4.69) is 9.88 Å². The average molecular weight is 315 g/mol. The molecule has 3 rings (SSSR count). The van der Waals surface area contributed by atoms with E-state index in [0.717, 1.165) is 55.0 Å². The summed E-state index contributed by atoms with van der Waals surface area (Å²) < 4.78 is 5.54. The molecule has 1 aliphatic rings. The summed E-state index contributed by atoms with van der Waals surface area (Å²) >= 11 is 0. The zero-order valence-corrected chi connectivity index (χ0v) is 13.5. The van der Waals surface area contributed by atoms with Gasteiger partial charge in [0.15, 0.2) is 0 Å². The molecule has 1 saturated heterocycles. The molecule has 1 aromatic heterocycles. The lowest BCUT2D eigenvalue weighted by atomic mass is 10.1. The van der Waals surface area contributed by atoms with Gasteiger partial charge in [-0.25, -0.2) is 0 Å². The molecule has 0 radical (unpaired) electrons. The number of ether oxygens (including phenoxy) is 1. The van der Waals surface area contributed by atoms with Crippen LogP contribution in [0.15, 0.2) is 24.3 Å². The summed E-state index contributed by atoms with van der Waals surface area (Å²) in [5.41, 5.74) is 2.87. The van der Waals surface area contributed by atoms with Gasteiger partial charge < -0.3 is 9.64 Å². The number of fused-ring (bicyclic) bond motifs is 1. The molecule has 1 atom stereocenters. The standard InChI is InChI=1S/C17H21N3O3/c1-3-23-11-13-6-7-19(10-13)17-8-12(2)18-16-5-4-14(20(21)22)9-15(16)17/h4-5,8-9,13H,3,6-7,10-11H2,1-2H3. The van der Waals surface area contributed by atoms with E-state index in [9.17, 15) is 10.1 Å². The number of hydrogen-bond acceptors (Lipinski definition) is 5. The van der Waals surface area contributed by atoms with Gasteiger partial charge in [-0.05, 0) is 32.4 Å². The molecule has 2 heterocycles. The number of hydrogen-bond donors (Lipinski definition) is 0. The highest BCUT2D eigenvalue weighted by Crippen LogP contribution is 2.33. The lowest BCUT2D eigenvalue weighted by Gasteiger charge is -2.21.